The fourth-order valence-corrected chi connectivity index (χ4v) is 1.47. The molecule has 16 heavy (non-hydrogen) atoms. The summed E-state index contributed by atoms with van der Waals surface area (Å²) in [5.41, 5.74) is 0.512. The Morgan fingerprint density at radius 3 is 2.56 bits per heavy atom. The summed E-state index contributed by atoms with van der Waals surface area (Å²) in [4.78, 5) is 5.13. The molecule has 0 amide bonds. The molecule has 86 valence electrons. The van der Waals surface area contributed by atoms with Gasteiger partial charge < -0.3 is 0 Å². The third kappa shape index (κ3) is 4.72. The summed E-state index contributed by atoms with van der Waals surface area (Å²) in [6, 6.07) is 5.10. The minimum Gasteiger partial charge on any atom is -0.286 e. The second kappa shape index (κ2) is 5.44. The zero-order valence-corrected chi connectivity index (χ0v) is 9.22. The van der Waals surface area contributed by atoms with Crippen LogP contribution in [-0.2, 0) is 10.1 Å². The van der Waals surface area contributed by atoms with E-state index in [1.54, 1.807) is 24.5 Å². The molecule has 0 atom stereocenters. The van der Waals surface area contributed by atoms with Crippen LogP contribution in [-0.4, -0.2) is 25.3 Å². The van der Waals surface area contributed by atoms with Crippen LogP contribution in [0.25, 0.3) is 0 Å². The first kappa shape index (κ1) is 12.4. The lowest BCUT2D eigenvalue weighted by molar-refractivity contribution is -0.891. The van der Waals surface area contributed by atoms with Crippen LogP contribution in [0.4, 0.5) is 0 Å². The van der Waals surface area contributed by atoms with Crippen molar-refractivity contribution in [2.45, 2.75) is 6.42 Å². The second-order valence-electron chi connectivity index (χ2n) is 3.03. The van der Waals surface area contributed by atoms with E-state index in [1.165, 1.54) is 4.73 Å². The molecule has 0 saturated heterocycles. The smallest absolute Gasteiger partial charge is 0.264 e. The van der Waals surface area contributed by atoms with Crippen LogP contribution >= 0.6 is 0 Å². The van der Waals surface area contributed by atoms with Gasteiger partial charge in [0.15, 0.2) is 6.61 Å². The molecule has 7 heteroatoms. The Bertz CT molecular complexity index is 475. The topological polar surface area (TPSA) is 91.3 Å². The number of aromatic nitrogens is 1. The lowest BCUT2D eigenvalue weighted by Gasteiger charge is -1.97. The van der Waals surface area contributed by atoms with Gasteiger partial charge in [-0.2, -0.15) is 13.7 Å². The summed E-state index contributed by atoms with van der Waals surface area (Å²) in [5.74, 6) is -0.330. The molecule has 0 aliphatic heterocycles. The van der Waals surface area contributed by atoms with Gasteiger partial charge in [-0.15, -0.1) is 0 Å². The summed E-state index contributed by atoms with van der Waals surface area (Å²) in [5, 5.41) is 8.54. The van der Waals surface area contributed by atoms with Gasteiger partial charge in [0.25, 0.3) is 10.1 Å². The highest BCUT2D eigenvalue weighted by atomic mass is 32.2. The fraction of sp³-hybridized carbons (Fsp3) is 0.333. The molecule has 0 aliphatic carbocycles. The lowest BCUT2D eigenvalue weighted by atomic mass is 10.3. The van der Waals surface area contributed by atoms with Crippen molar-refractivity contribution in [2.75, 3.05) is 12.4 Å². The third-order valence-electron chi connectivity index (χ3n) is 1.72. The van der Waals surface area contributed by atoms with Crippen LogP contribution in [0.1, 0.15) is 12.0 Å². The van der Waals surface area contributed by atoms with Gasteiger partial charge in [-0.25, -0.2) is 0 Å². The largest absolute Gasteiger partial charge is 0.286 e. The van der Waals surface area contributed by atoms with E-state index in [0.717, 1.165) is 0 Å². The number of hydrogen-bond donors (Lipinski definition) is 1. The molecule has 0 aromatic carbocycles. The predicted molar refractivity (Wildman–Crippen MR) is 53.8 cm³/mol. The van der Waals surface area contributed by atoms with Crippen LogP contribution in [0.3, 0.4) is 0 Å². The highest BCUT2D eigenvalue weighted by molar-refractivity contribution is 7.85. The Labute approximate surface area is 93.4 Å². The van der Waals surface area contributed by atoms with E-state index < -0.39 is 10.1 Å². The minimum absolute atomic E-state index is 0.163. The van der Waals surface area contributed by atoms with Gasteiger partial charge >= 0.3 is 0 Å². The van der Waals surface area contributed by atoms with Gasteiger partial charge in [0.2, 0.25) is 12.4 Å². The average Bonchev–Trinajstić information content (AvgIpc) is 2.24. The first-order valence-corrected chi connectivity index (χ1v) is 6.12. The molecule has 0 radical (unpaired) electrons. The van der Waals surface area contributed by atoms with Crippen LogP contribution < -0.4 is 9.57 Å². The SMILES string of the molecule is N#Cc1cc[n+](OCCCS(=O)(=O)O)cc1. The summed E-state index contributed by atoms with van der Waals surface area (Å²) in [6.45, 7) is 0.163. The molecule has 1 aromatic rings. The normalized spacial score (nSPS) is 10.8. The molecular weight excluding hydrogens is 232 g/mol. The van der Waals surface area contributed by atoms with E-state index in [1.807, 2.05) is 6.07 Å². The van der Waals surface area contributed by atoms with Gasteiger partial charge in [-0.05, 0) is 0 Å². The van der Waals surface area contributed by atoms with Crippen molar-refractivity contribution >= 4 is 10.1 Å². The Morgan fingerprint density at radius 2 is 2.06 bits per heavy atom. The molecule has 1 aromatic heterocycles. The van der Waals surface area contributed by atoms with Crippen LogP contribution in [0.15, 0.2) is 24.5 Å². The maximum atomic E-state index is 10.4. The van der Waals surface area contributed by atoms with Gasteiger partial charge in [0, 0.05) is 23.3 Å². The van der Waals surface area contributed by atoms with E-state index in [0.29, 0.717) is 5.56 Å². The Balaban J connectivity index is 2.36. The van der Waals surface area contributed by atoms with Crippen LogP contribution in [0.2, 0.25) is 0 Å². The molecule has 0 unspecified atom stereocenters. The van der Waals surface area contributed by atoms with E-state index in [2.05, 4.69) is 0 Å². The van der Waals surface area contributed by atoms with Crippen molar-refractivity contribution < 1.29 is 22.5 Å². The Hall–Kier alpha value is -1.65. The number of pyridine rings is 1. The molecule has 0 fully saturated rings. The third-order valence-corrected chi connectivity index (χ3v) is 2.52. The average molecular weight is 243 g/mol. The highest BCUT2D eigenvalue weighted by Crippen LogP contribution is 1.90. The van der Waals surface area contributed by atoms with Crippen molar-refractivity contribution in [1.82, 2.24) is 0 Å². The molecule has 1 N–H and O–H groups in total. The zero-order chi connectivity index (χ0) is 12.0. The monoisotopic (exact) mass is 243 g/mol. The number of nitriles is 1. The molecule has 0 saturated carbocycles. The minimum atomic E-state index is -3.92. The predicted octanol–water partition coefficient (Wildman–Crippen LogP) is -0.448. The maximum Gasteiger partial charge on any atom is 0.264 e. The van der Waals surface area contributed by atoms with E-state index in [9.17, 15) is 8.42 Å². The number of rotatable bonds is 5. The first-order valence-electron chi connectivity index (χ1n) is 4.51. The molecule has 0 bridgehead atoms. The molecule has 0 aliphatic rings. The van der Waals surface area contributed by atoms with Crippen molar-refractivity contribution in [2.24, 2.45) is 0 Å². The summed E-state index contributed by atoms with van der Waals surface area (Å²) in [6.07, 6.45) is 3.30. The molecule has 1 rings (SSSR count). The molecule has 1 heterocycles. The highest BCUT2D eigenvalue weighted by Gasteiger charge is 2.06. The van der Waals surface area contributed by atoms with Gasteiger partial charge in [0.1, 0.15) is 0 Å². The van der Waals surface area contributed by atoms with Crippen molar-refractivity contribution in [3.05, 3.63) is 30.1 Å². The number of hydrogen-bond acceptors (Lipinski definition) is 4. The summed E-state index contributed by atoms with van der Waals surface area (Å²) >= 11 is 0. The zero-order valence-electron chi connectivity index (χ0n) is 8.41. The number of nitrogens with zero attached hydrogens (tertiary/aromatic N) is 2. The first-order chi connectivity index (χ1) is 7.51. The quantitative estimate of drug-likeness (QED) is 0.430. The van der Waals surface area contributed by atoms with Gasteiger partial charge in [-0.3, -0.25) is 9.39 Å². The van der Waals surface area contributed by atoms with Gasteiger partial charge in [0.05, 0.1) is 17.4 Å². The summed E-state index contributed by atoms with van der Waals surface area (Å²) < 4.78 is 30.6. The van der Waals surface area contributed by atoms with E-state index in [4.69, 9.17) is 14.7 Å². The van der Waals surface area contributed by atoms with Crippen molar-refractivity contribution in [1.29, 1.82) is 5.26 Å². The lowest BCUT2D eigenvalue weighted by Crippen LogP contribution is -2.42. The molecule has 0 spiro atoms. The van der Waals surface area contributed by atoms with E-state index >= 15 is 0 Å². The van der Waals surface area contributed by atoms with Crippen molar-refractivity contribution in [3.8, 4) is 6.07 Å². The maximum absolute atomic E-state index is 10.4. The van der Waals surface area contributed by atoms with Crippen molar-refractivity contribution in [3.63, 3.8) is 0 Å². The second-order valence-corrected chi connectivity index (χ2v) is 4.60. The molecular formula is C9H11N2O4S+. The van der Waals surface area contributed by atoms with Gasteiger partial charge in [-0.1, -0.05) is 0 Å². The fourth-order valence-electron chi connectivity index (χ4n) is 0.985. The standard InChI is InChI=1S/C9H10N2O4S/c10-8-9-2-4-11(5-3-9)15-6-1-7-16(12,13)14/h2-5H,1,6-7H2/p+1. The Kier molecular flexibility index (Phi) is 4.22. The van der Waals surface area contributed by atoms with E-state index in [-0.39, 0.29) is 18.8 Å². The van der Waals surface area contributed by atoms with Crippen LogP contribution in [0, 0.1) is 11.3 Å². The summed E-state index contributed by atoms with van der Waals surface area (Å²) in [7, 11) is -3.92. The Morgan fingerprint density at radius 1 is 1.44 bits per heavy atom. The van der Waals surface area contributed by atoms with Crippen LogP contribution in [0.5, 0.6) is 0 Å². The molecule has 6 nitrogen and oxygen atoms in total.